The van der Waals surface area contributed by atoms with Crippen molar-refractivity contribution in [2.75, 3.05) is 0 Å². The average molecular weight is 358 g/mol. The molecule has 1 aromatic rings. The van der Waals surface area contributed by atoms with Crippen LogP contribution in [0.25, 0.3) is 0 Å². The first kappa shape index (κ1) is 20.1. The lowest BCUT2D eigenvalue weighted by atomic mass is 9.86. The van der Waals surface area contributed by atoms with Gasteiger partial charge in [-0.2, -0.15) is 0 Å². The molecule has 0 aliphatic carbocycles. The highest BCUT2D eigenvalue weighted by Crippen LogP contribution is 2.28. The Morgan fingerprint density at radius 2 is 1.62 bits per heavy atom. The lowest BCUT2D eigenvalue weighted by Crippen LogP contribution is -2.63. The number of nitrogens with one attached hydrogen (secondary N) is 1. The van der Waals surface area contributed by atoms with Crippen LogP contribution in [-0.2, 0) is 15.0 Å². The van der Waals surface area contributed by atoms with Crippen LogP contribution in [0.1, 0.15) is 64.4 Å². The Balaban J connectivity index is 2.00. The SMILES string of the molecule is C[C@@H]1C(=O)N(C(=O)[C@@H](C)[C@@H](C)NC(=O)c2ccc(C(C)(C)C)cc2)[C@@H]1C. The molecule has 1 aliphatic rings. The van der Waals surface area contributed by atoms with Crippen molar-refractivity contribution >= 4 is 17.7 Å². The number of β-lactam (4-membered cyclic amide) rings is 1. The Kier molecular flexibility index (Phi) is 5.59. The lowest BCUT2D eigenvalue weighted by molar-refractivity contribution is -0.166. The standard InChI is InChI=1S/C21H30N2O3/c1-12(19(25)23-15(4)13(2)20(23)26)14(3)22-18(24)16-8-10-17(11-9-16)21(5,6)7/h8-15H,1-7H3,(H,22,24)/t12-,13-,14+,15+/m0/s1. The first-order chi connectivity index (χ1) is 11.9. The number of carbonyl (C=O) groups excluding carboxylic acids is 3. The van der Waals surface area contributed by atoms with Crippen molar-refractivity contribution in [3.63, 3.8) is 0 Å². The fraction of sp³-hybridized carbons (Fsp3) is 0.571. The summed E-state index contributed by atoms with van der Waals surface area (Å²) >= 11 is 0. The maximum absolute atomic E-state index is 12.6. The summed E-state index contributed by atoms with van der Waals surface area (Å²) in [4.78, 5) is 38.3. The van der Waals surface area contributed by atoms with Gasteiger partial charge in [0.05, 0.1) is 11.8 Å². The van der Waals surface area contributed by atoms with Gasteiger partial charge in [0.1, 0.15) is 0 Å². The Bertz CT molecular complexity index is 703. The summed E-state index contributed by atoms with van der Waals surface area (Å²) in [5.41, 5.74) is 1.75. The van der Waals surface area contributed by atoms with E-state index in [4.69, 9.17) is 0 Å². The van der Waals surface area contributed by atoms with E-state index in [0.29, 0.717) is 5.56 Å². The number of hydrogen-bond donors (Lipinski definition) is 1. The van der Waals surface area contributed by atoms with Gasteiger partial charge in [-0.25, -0.2) is 0 Å². The number of hydrogen-bond acceptors (Lipinski definition) is 3. The molecular formula is C21H30N2O3. The number of likely N-dealkylation sites (tertiary alicyclic amines) is 1. The molecule has 1 fully saturated rings. The maximum Gasteiger partial charge on any atom is 0.251 e. The van der Waals surface area contributed by atoms with Gasteiger partial charge in [-0.3, -0.25) is 19.3 Å². The molecule has 26 heavy (non-hydrogen) atoms. The first-order valence-corrected chi connectivity index (χ1v) is 9.23. The predicted molar refractivity (Wildman–Crippen MR) is 102 cm³/mol. The van der Waals surface area contributed by atoms with E-state index in [0.717, 1.165) is 5.56 Å². The van der Waals surface area contributed by atoms with E-state index in [1.54, 1.807) is 26.0 Å². The quantitative estimate of drug-likeness (QED) is 0.841. The summed E-state index contributed by atoms with van der Waals surface area (Å²) in [6.07, 6.45) is 0. The molecule has 1 N–H and O–H groups in total. The zero-order valence-electron chi connectivity index (χ0n) is 16.8. The lowest BCUT2D eigenvalue weighted by Gasteiger charge is -2.43. The van der Waals surface area contributed by atoms with Crippen LogP contribution in [0.4, 0.5) is 0 Å². The number of nitrogens with zero attached hydrogens (tertiary/aromatic N) is 1. The molecular weight excluding hydrogens is 328 g/mol. The minimum absolute atomic E-state index is 0.0286. The number of carbonyl (C=O) groups is 3. The smallest absolute Gasteiger partial charge is 0.251 e. The molecule has 0 bridgehead atoms. The van der Waals surface area contributed by atoms with Gasteiger partial charge in [0, 0.05) is 17.6 Å². The van der Waals surface area contributed by atoms with E-state index in [1.807, 2.05) is 26.0 Å². The van der Waals surface area contributed by atoms with Crippen molar-refractivity contribution < 1.29 is 14.4 Å². The molecule has 0 unspecified atom stereocenters. The van der Waals surface area contributed by atoms with Crippen LogP contribution >= 0.6 is 0 Å². The summed E-state index contributed by atoms with van der Waals surface area (Å²) in [6.45, 7) is 13.6. The number of rotatable bonds is 4. The van der Waals surface area contributed by atoms with E-state index >= 15 is 0 Å². The topological polar surface area (TPSA) is 66.5 Å². The van der Waals surface area contributed by atoms with Gasteiger partial charge < -0.3 is 5.32 Å². The largest absolute Gasteiger partial charge is 0.349 e. The minimum Gasteiger partial charge on any atom is -0.349 e. The summed E-state index contributed by atoms with van der Waals surface area (Å²) in [6, 6.07) is 7.07. The molecule has 142 valence electrons. The Labute approximate surface area is 156 Å². The van der Waals surface area contributed by atoms with Gasteiger partial charge in [0.15, 0.2) is 0 Å². The summed E-state index contributed by atoms with van der Waals surface area (Å²) in [5, 5.41) is 2.88. The molecule has 1 heterocycles. The van der Waals surface area contributed by atoms with Crippen molar-refractivity contribution in [2.45, 2.75) is 66.0 Å². The first-order valence-electron chi connectivity index (χ1n) is 9.23. The molecule has 1 saturated heterocycles. The maximum atomic E-state index is 12.6. The van der Waals surface area contributed by atoms with Crippen molar-refractivity contribution in [1.82, 2.24) is 10.2 Å². The van der Waals surface area contributed by atoms with Gasteiger partial charge in [-0.05, 0) is 37.0 Å². The zero-order chi connectivity index (χ0) is 19.8. The van der Waals surface area contributed by atoms with Crippen LogP contribution in [0, 0.1) is 11.8 Å². The van der Waals surface area contributed by atoms with Crippen LogP contribution < -0.4 is 5.32 Å². The molecule has 2 rings (SSSR count). The fourth-order valence-corrected chi connectivity index (χ4v) is 3.05. The molecule has 1 aliphatic heterocycles. The molecule has 0 saturated carbocycles. The second kappa shape index (κ2) is 7.22. The molecule has 0 radical (unpaired) electrons. The van der Waals surface area contributed by atoms with Gasteiger partial charge in [0.2, 0.25) is 11.8 Å². The Hall–Kier alpha value is -2.17. The van der Waals surface area contributed by atoms with Gasteiger partial charge in [0.25, 0.3) is 5.91 Å². The number of imide groups is 1. The van der Waals surface area contributed by atoms with Crippen LogP contribution in [0.3, 0.4) is 0 Å². The second-order valence-electron chi connectivity index (χ2n) is 8.45. The van der Waals surface area contributed by atoms with E-state index in [2.05, 4.69) is 26.1 Å². The summed E-state index contributed by atoms with van der Waals surface area (Å²) in [7, 11) is 0. The van der Waals surface area contributed by atoms with E-state index < -0.39 is 5.92 Å². The van der Waals surface area contributed by atoms with Gasteiger partial charge in [-0.1, -0.05) is 46.8 Å². The van der Waals surface area contributed by atoms with Crippen LogP contribution in [0.2, 0.25) is 0 Å². The molecule has 1 aromatic carbocycles. The van der Waals surface area contributed by atoms with Crippen LogP contribution in [0.5, 0.6) is 0 Å². The predicted octanol–water partition coefficient (Wildman–Crippen LogP) is 3.13. The number of amides is 3. The normalized spacial score (nSPS) is 22.4. The van der Waals surface area contributed by atoms with Gasteiger partial charge in [-0.15, -0.1) is 0 Å². The van der Waals surface area contributed by atoms with Crippen molar-refractivity contribution in [3.05, 3.63) is 35.4 Å². The number of benzene rings is 1. The molecule has 0 spiro atoms. The molecule has 3 amide bonds. The monoisotopic (exact) mass is 358 g/mol. The van der Waals surface area contributed by atoms with Gasteiger partial charge >= 0.3 is 0 Å². The van der Waals surface area contributed by atoms with Crippen LogP contribution in [-0.4, -0.2) is 34.7 Å². The highest BCUT2D eigenvalue weighted by Gasteiger charge is 2.46. The molecule has 5 nitrogen and oxygen atoms in total. The van der Waals surface area contributed by atoms with E-state index in [-0.39, 0.29) is 41.1 Å². The van der Waals surface area contributed by atoms with Crippen molar-refractivity contribution in [1.29, 1.82) is 0 Å². The second-order valence-corrected chi connectivity index (χ2v) is 8.45. The van der Waals surface area contributed by atoms with E-state index in [1.165, 1.54) is 4.90 Å². The fourth-order valence-electron chi connectivity index (χ4n) is 3.05. The Morgan fingerprint density at radius 1 is 1.08 bits per heavy atom. The third kappa shape index (κ3) is 3.81. The van der Waals surface area contributed by atoms with Crippen LogP contribution in [0.15, 0.2) is 24.3 Å². The van der Waals surface area contributed by atoms with Crippen molar-refractivity contribution in [3.8, 4) is 0 Å². The molecule has 0 aromatic heterocycles. The average Bonchev–Trinajstić information content (AvgIpc) is 2.59. The van der Waals surface area contributed by atoms with Crippen molar-refractivity contribution in [2.24, 2.45) is 11.8 Å². The minimum atomic E-state index is -0.466. The molecule has 5 heteroatoms. The van der Waals surface area contributed by atoms with E-state index in [9.17, 15) is 14.4 Å². The highest BCUT2D eigenvalue weighted by molar-refractivity contribution is 6.03. The molecule has 4 atom stereocenters. The third-order valence-electron chi connectivity index (χ3n) is 5.51. The zero-order valence-corrected chi connectivity index (χ0v) is 16.8. The summed E-state index contributed by atoms with van der Waals surface area (Å²) < 4.78 is 0. The Morgan fingerprint density at radius 3 is 2.08 bits per heavy atom. The summed E-state index contributed by atoms with van der Waals surface area (Å²) in [5.74, 6) is -1.15. The third-order valence-corrected chi connectivity index (χ3v) is 5.51. The highest BCUT2D eigenvalue weighted by atomic mass is 16.2.